The van der Waals surface area contributed by atoms with E-state index in [-0.39, 0.29) is 18.3 Å². The molecular weight excluding hydrogens is 460 g/mol. The number of carboxylic acid groups (broad SMARTS) is 1. The summed E-state index contributed by atoms with van der Waals surface area (Å²) in [6.45, 7) is 7.27. The average molecular weight is 499 g/mol. The molecule has 34 heavy (non-hydrogen) atoms. The van der Waals surface area contributed by atoms with E-state index in [4.69, 9.17) is 5.73 Å². The second-order valence-corrected chi connectivity index (χ2v) is 9.65. The Labute approximate surface area is 204 Å². The van der Waals surface area contributed by atoms with E-state index in [1.807, 2.05) is 20.1 Å². The van der Waals surface area contributed by atoms with Crippen LogP contribution >= 0.6 is 11.8 Å². The van der Waals surface area contributed by atoms with Gasteiger partial charge in [0, 0.05) is 18.3 Å². The molecule has 0 spiro atoms. The van der Waals surface area contributed by atoms with Crippen molar-refractivity contribution in [1.29, 1.82) is 0 Å². The van der Waals surface area contributed by atoms with Crippen molar-refractivity contribution in [1.82, 2.24) is 25.9 Å². The molecule has 12 heteroatoms. The molecule has 1 heterocycles. The number of nitrogens with one attached hydrogen (secondary N) is 4. The monoisotopic (exact) mass is 498 g/mol. The van der Waals surface area contributed by atoms with Crippen LogP contribution < -0.4 is 21.7 Å². The number of aliphatic carboxylic acids is 1. The summed E-state index contributed by atoms with van der Waals surface area (Å²) in [4.78, 5) is 56.9. The molecule has 0 aliphatic heterocycles. The highest BCUT2D eigenvalue weighted by Gasteiger charge is 2.32. The Morgan fingerprint density at radius 3 is 2.24 bits per heavy atom. The molecule has 1 aromatic heterocycles. The molecule has 0 saturated carbocycles. The van der Waals surface area contributed by atoms with E-state index < -0.39 is 47.9 Å². The first-order chi connectivity index (χ1) is 16.0. The first-order valence-electron chi connectivity index (χ1n) is 11.4. The summed E-state index contributed by atoms with van der Waals surface area (Å²) in [5, 5.41) is 17.4. The van der Waals surface area contributed by atoms with Crippen LogP contribution in [0.1, 0.15) is 46.2 Å². The normalized spacial score (nSPS) is 15.6. The molecule has 0 radical (unpaired) electrons. The van der Waals surface area contributed by atoms with Gasteiger partial charge in [-0.1, -0.05) is 34.1 Å². The van der Waals surface area contributed by atoms with E-state index >= 15 is 0 Å². The van der Waals surface area contributed by atoms with E-state index in [1.54, 1.807) is 13.8 Å². The molecule has 5 atom stereocenters. The number of aromatic amines is 1. The van der Waals surface area contributed by atoms with E-state index in [1.165, 1.54) is 24.3 Å². The fraction of sp³-hybridized carbons (Fsp3) is 0.682. The fourth-order valence-electron chi connectivity index (χ4n) is 3.15. The number of thioether (sulfide) groups is 1. The molecule has 0 bridgehead atoms. The van der Waals surface area contributed by atoms with Crippen molar-refractivity contribution in [2.24, 2.45) is 17.6 Å². The second kappa shape index (κ2) is 14.6. The van der Waals surface area contributed by atoms with Crippen molar-refractivity contribution in [2.75, 3.05) is 12.0 Å². The average Bonchev–Trinajstić information content (AvgIpc) is 3.30. The van der Waals surface area contributed by atoms with Gasteiger partial charge in [-0.05, 0) is 30.3 Å². The number of hydrogen-bond acceptors (Lipinski definition) is 7. The lowest BCUT2D eigenvalue weighted by Crippen LogP contribution is -2.59. The summed E-state index contributed by atoms with van der Waals surface area (Å²) in [7, 11) is 0. The zero-order valence-electron chi connectivity index (χ0n) is 20.5. The number of aromatic nitrogens is 2. The fourth-order valence-corrected chi connectivity index (χ4v) is 3.62. The van der Waals surface area contributed by atoms with Crippen LogP contribution in [-0.4, -0.2) is 74.9 Å². The van der Waals surface area contributed by atoms with Crippen LogP contribution in [0.5, 0.6) is 0 Å². The van der Waals surface area contributed by atoms with Gasteiger partial charge in [-0.25, -0.2) is 9.78 Å². The number of nitrogens with zero attached hydrogens (tertiary/aromatic N) is 1. The van der Waals surface area contributed by atoms with Crippen molar-refractivity contribution in [3.05, 3.63) is 18.2 Å². The summed E-state index contributed by atoms with van der Waals surface area (Å²) in [5.74, 6) is -2.55. The first-order valence-corrected chi connectivity index (χ1v) is 12.8. The molecule has 3 amide bonds. The number of carboxylic acids is 1. The molecular formula is C22H38N6O5S. The van der Waals surface area contributed by atoms with Gasteiger partial charge in [0.25, 0.3) is 0 Å². The van der Waals surface area contributed by atoms with Gasteiger partial charge < -0.3 is 31.8 Å². The molecule has 0 saturated heterocycles. The van der Waals surface area contributed by atoms with Gasteiger partial charge in [0.05, 0.1) is 12.4 Å². The van der Waals surface area contributed by atoms with E-state index in [2.05, 4.69) is 25.9 Å². The van der Waals surface area contributed by atoms with Crippen molar-refractivity contribution in [2.45, 2.75) is 71.1 Å². The Morgan fingerprint density at radius 1 is 1.09 bits per heavy atom. The maximum absolute atomic E-state index is 13.1. The number of nitrogens with two attached hydrogens (primary N) is 1. The van der Waals surface area contributed by atoms with Crippen molar-refractivity contribution in [3.63, 3.8) is 0 Å². The largest absolute Gasteiger partial charge is 0.480 e. The smallest absolute Gasteiger partial charge is 0.326 e. The first kappa shape index (κ1) is 29.4. The number of H-pyrrole nitrogens is 1. The van der Waals surface area contributed by atoms with Crippen LogP contribution in [0.15, 0.2) is 12.5 Å². The maximum Gasteiger partial charge on any atom is 0.326 e. The standard InChI is InChI=1S/C22H38N6O5S/c1-6-13(4)17(23)20(30)26-15(7-8-34-5)19(29)28-18(12(2)3)21(31)27-16(22(32)33)9-14-10-24-11-25-14/h10-13,15-18H,6-9,23H2,1-5H3,(H,24,25)(H,26,30)(H,27,31)(H,28,29)(H,32,33). The maximum atomic E-state index is 13.1. The van der Waals surface area contributed by atoms with Gasteiger partial charge in [0.2, 0.25) is 17.7 Å². The lowest BCUT2D eigenvalue weighted by Gasteiger charge is -2.27. The Balaban J connectivity index is 2.92. The number of hydrogen-bond donors (Lipinski definition) is 6. The zero-order chi connectivity index (χ0) is 25.8. The highest BCUT2D eigenvalue weighted by atomic mass is 32.2. The van der Waals surface area contributed by atoms with Crippen LogP contribution in [-0.2, 0) is 25.6 Å². The van der Waals surface area contributed by atoms with Crippen molar-refractivity contribution < 1.29 is 24.3 Å². The SMILES string of the molecule is CCC(C)C(N)C(=O)NC(CCSC)C(=O)NC(C(=O)NC(Cc1cnc[nH]1)C(=O)O)C(C)C. The van der Waals surface area contributed by atoms with Gasteiger partial charge >= 0.3 is 5.97 Å². The molecule has 5 unspecified atom stereocenters. The number of carbonyl (C=O) groups is 4. The Bertz CT molecular complexity index is 804. The molecule has 0 aromatic carbocycles. The summed E-state index contributed by atoms with van der Waals surface area (Å²) in [6.07, 6.45) is 5.87. The second-order valence-electron chi connectivity index (χ2n) is 8.66. The minimum absolute atomic E-state index is 0.0136. The molecule has 192 valence electrons. The third kappa shape index (κ3) is 9.34. The predicted molar refractivity (Wildman–Crippen MR) is 131 cm³/mol. The van der Waals surface area contributed by atoms with Gasteiger partial charge in [0.1, 0.15) is 18.1 Å². The summed E-state index contributed by atoms with van der Waals surface area (Å²) in [5.41, 5.74) is 6.56. The van der Waals surface area contributed by atoms with Crippen LogP contribution in [0.2, 0.25) is 0 Å². The number of amides is 3. The van der Waals surface area contributed by atoms with Gasteiger partial charge in [0.15, 0.2) is 0 Å². The van der Waals surface area contributed by atoms with Gasteiger partial charge in [-0.15, -0.1) is 0 Å². The third-order valence-corrected chi connectivity index (χ3v) is 6.29. The van der Waals surface area contributed by atoms with E-state index in [0.29, 0.717) is 17.9 Å². The van der Waals surface area contributed by atoms with Crippen molar-refractivity contribution in [3.8, 4) is 0 Å². The lowest BCUT2D eigenvalue weighted by atomic mass is 9.98. The number of rotatable bonds is 15. The van der Waals surface area contributed by atoms with Crippen LogP contribution in [0, 0.1) is 11.8 Å². The van der Waals surface area contributed by atoms with E-state index in [9.17, 15) is 24.3 Å². The zero-order valence-corrected chi connectivity index (χ0v) is 21.3. The third-order valence-electron chi connectivity index (χ3n) is 5.64. The highest BCUT2D eigenvalue weighted by molar-refractivity contribution is 7.98. The molecule has 0 aliphatic carbocycles. The predicted octanol–water partition coefficient (Wildman–Crippen LogP) is 0.274. The minimum atomic E-state index is -1.21. The van der Waals surface area contributed by atoms with Gasteiger partial charge in [-0.3, -0.25) is 14.4 Å². The molecule has 1 rings (SSSR count). The van der Waals surface area contributed by atoms with Crippen LogP contribution in [0.25, 0.3) is 0 Å². The quantitative estimate of drug-likeness (QED) is 0.199. The highest BCUT2D eigenvalue weighted by Crippen LogP contribution is 2.09. The van der Waals surface area contributed by atoms with Crippen molar-refractivity contribution >= 4 is 35.5 Å². The molecule has 7 N–H and O–H groups in total. The van der Waals surface area contributed by atoms with E-state index in [0.717, 1.165) is 6.42 Å². The minimum Gasteiger partial charge on any atom is -0.480 e. The number of carbonyl (C=O) groups excluding carboxylic acids is 3. The molecule has 11 nitrogen and oxygen atoms in total. The summed E-state index contributed by atoms with van der Waals surface area (Å²) >= 11 is 1.52. The van der Waals surface area contributed by atoms with Crippen LogP contribution in [0.3, 0.4) is 0 Å². The molecule has 1 aromatic rings. The molecule has 0 fully saturated rings. The van der Waals surface area contributed by atoms with Gasteiger partial charge in [-0.2, -0.15) is 11.8 Å². The van der Waals surface area contributed by atoms with Crippen LogP contribution in [0.4, 0.5) is 0 Å². The summed E-state index contributed by atoms with van der Waals surface area (Å²) < 4.78 is 0. The Hall–Kier alpha value is -2.60. The Morgan fingerprint density at radius 2 is 1.74 bits per heavy atom. The summed E-state index contributed by atoms with van der Waals surface area (Å²) in [6, 6.07) is -3.82. The topological polar surface area (TPSA) is 179 Å². The number of imidazole rings is 1. The lowest BCUT2D eigenvalue weighted by molar-refractivity contribution is -0.142. The Kier molecular flexibility index (Phi) is 12.7. The molecule has 0 aliphatic rings.